The van der Waals surface area contributed by atoms with Crippen LogP contribution >= 0.6 is 0 Å². The van der Waals surface area contributed by atoms with Crippen molar-refractivity contribution in [2.45, 2.75) is 24.8 Å². The van der Waals surface area contributed by atoms with Gasteiger partial charge in [0.15, 0.2) is 0 Å². The van der Waals surface area contributed by atoms with E-state index >= 15 is 0 Å². The van der Waals surface area contributed by atoms with Crippen molar-refractivity contribution in [1.29, 1.82) is 0 Å². The lowest BCUT2D eigenvalue weighted by Crippen LogP contribution is -2.42. The molecule has 1 aliphatic carbocycles. The number of fused-ring (bicyclic) bond motifs is 1. The standard InChI is InChI=1S/C18H21NO2/c1-20-15-8-5-9-16(21-2)17(15)18(19)11-10-13-6-3-4-7-14(13)12-18/h3-9H,10-12,19H2,1-2H3. The van der Waals surface area contributed by atoms with Crippen molar-refractivity contribution in [3.63, 3.8) is 0 Å². The van der Waals surface area contributed by atoms with Gasteiger partial charge >= 0.3 is 0 Å². The fraction of sp³-hybridized carbons (Fsp3) is 0.333. The Labute approximate surface area is 125 Å². The fourth-order valence-corrected chi connectivity index (χ4v) is 3.32. The highest BCUT2D eigenvalue weighted by atomic mass is 16.5. The number of rotatable bonds is 3. The highest BCUT2D eigenvalue weighted by Crippen LogP contribution is 2.43. The van der Waals surface area contributed by atoms with Crippen LogP contribution in [0, 0.1) is 0 Å². The molecule has 2 aromatic carbocycles. The van der Waals surface area contributed by atoms with E-state index in [4.69, 9.17) is 15.2 Å². The van der Waals surface area contributed by atoms with Gasteiger partial charge in [0.05, 0.1) is 25.3 Å². The monoisotopic (exact) mass is 283 g/mol. The number of ether oxygens (including phenoxy) is 2. The summed E-state index contributed by atoms with van der Waals surface area (Å²) in [7, 11) is 3.36. The second-order valence-electron chi connectivity index (χ2n) is 5.64. The van der Waals surface area contributed by atoms with E-state index in [1.807, 2.05) is 18.2 Å². The van der Waals surface area contributed by atoms with Crippen LogP contribution in [0.2, 0.25) is 0 Å². The highest BCUT2D eigenvalue weighted by molar-refractivity contribution is 5.51. The van der Waals surface area contributed by atoms with Crippen molar-refractivity contribution in [3.8, 4) is 11.5 Å². The van der Waals surface area contributed by atoms with E-state index in [1.54, 1.807) is 14.2 Å². The molecule has 0 saturated carbocycles. The highest BCUT2D eigenvalue weighted by Gasteiger charge is 2.36. The molecule has 2 aromatic rings. The number of hydrogen-bond donors (Lipinski definition) is 1. The Morgan fingerprint density at radius 3 is 2.14 bits per heavy atom. The Hall–Kier alpha value is -2.00. The summed E-state index contributed by atoms with van der Waals surface area (Å²) in [6.07, 6.45) is 2.68. The first-order valence-corrected chi connectivity index (χ1v) is 7.25. The summed E-state index contributed by atoms with van der Waals surface area (Å²) < 4.78 is 11.1. The molecule has 1 aliphatic rings. The molecule has 0 radical (unpaired) electrons. The van der Waals surface area contributed by atoms with Crippen molar-refractivity contribution < 1.29 is 9.47 Å². The summed E-state index contributed by atoms with van der Waals surface area (Å²) in [6, 6.07) is 14.4. The fourth-order valence-electron chi connectivity index (χ4n) is 3.32. The first-order valence-electron chi connectivity index (χ1n) is 7.25. The van der Waals surface area contributed by atoms with E-state index in [9.17, 15) is 0 Å². The molecule has 0 bridgehead atoms. The van der Waals surface area contributed by atoms with Crippen LogP contribution in [0.5, 0.6) is 11.5 Å². The Morgan fingerprint density at radius 2 is 1.52 bits per heavy atom. The van der Waals surface area contributed by atoms with E-state index in [0.29, 0.717) is 0 Å². The quantitative estimate of drug-likeness (QED) is 0.941. The Balaban J connectivity index is 2.08. The van der Waals surface area contributed by atoms with Crippen LogP contribution < -0.4 is 15.2 Å². The van der Waals surface area contributed by atoms with Crippen LogP contribution in [-0.2, 0) is 18.4 Å². The lowest BCUT2D eigenvalue weighted by Gasteiger charge is -2.37. The minimum absolute atomic E-state index is 0.452. The van der Waals surface area contributed by atoms with Gasteiger partial charge in [-0.25, -0.2) is 0 Å². The van der Waals surface area contributed by atoms with Gasteiger partial charge in [-0.1, -0.05) is 30.3 Å². The van der Waals surface area contributed by atoms with Gasteiger partial charge in [-0.3, -0.25) is 0 Å². The van der Waals surface area contributed by atoms with E-state index in [1.165, 1.54) is 11.1 Å². The van der Waals surface area contributed by atoms with Crippen LogP contribution in [-0.4, -0.2) is 14.2 Å². The van der Waals surface area contributed by atoms with Gasteiger partial charge in [-0.15, -0.1) is 0 Å². The molecule has 2 N–H and O–H groups in total. The van der Waals surface area contributed by atoms with Crippen LogP contribution in [0.3, 0.4) is 0 Å². The van der Waals surface area contributed by atoms with Crippen LogP contribution in [0.25, 0.3) is 0 Å². The molecule has 3 rings (SSSR count). The molecule has 110 valence electrons. The van der Waals surface area contributed by atoms with Crippen molar-refractivity contribution in [1.82, 2.24) is 0 Å². The number of hydrogen-bond acceptors (Lipinski definition) is 3. The molecule has 0 amide bonds. The second-order valence-corrected chi connectivity index (χ2v) is 5.64. The number of methoxy groups -OCH3 is 2. The lowest BCUT2D eigenvalue weighted by atomic mass is 9.74. The Morgan fingerprint density at radius 1 is 0.905 bits per heavy atom. The number of nitrogens with two attached hydrogens (primary N) is 1. The summed E-state index contributed by atoms with van der Waals surface area (Å²) in [5.41, 5.74) is 10.0. The normalized spacial score (nSPS) is 20.7. The molecule has 0 spiro atoms. The second kappa shape index (κ2) is 5.41. The molecule has 3 nitrogen and oxygen atoms in total. The SMILES string of the molecule is COc1cccc(OC)c1C1(N)CCc2ccccc2C1. The molecule has 21 heavy (non-hydrogen) atoms. The van der Waals surface area contributed by atoms with Crippen LogP contribution in [0.15, 0.2) is 42.5 Å². The molecule has 0 fully saturated rings. The topological polar surface area (TPSA) is 44.5 Å². The zero-order chi connectivity index (χ0) is 14.9. The Kier molecular flexibility index (Phi) is 3.60. The van der Waals surface area contributed by atoms with E-state index in [0.717, 1.165) is 36.3 Å². The zero-order valence-corrected chi connectivity index (χ0v) is 12.6. The van der Waals surface area contributed by atoms with Gasteiger partial charge in [0.2, 0.25) is 0 Å². The summed E-state index contributed by atoms with van der Waals surface area (Å²) in [5.74, 6) is 1.60. The molecule has 1 atom stereocenters. The van der Waals surface area contributed by atoms with E-state index in [2.05, 4.69) is 24.3 Å². The smallest absolute Gasteiger partial charge is 0.127 e. The van der Waals surface area contributed by atoms with Crippen LogP contribution in [0.1, 0.15) is 23.1 Å². The minimum Gasteiger partial charge on any atom is -0.496 e. The maximum absolute atomic E-state index is 6.79. The van der Waals surface area contributed by atoms with Crippen molar-refractivity contribution in [2.24, 2.45) is 5.73 Å². The summed E-state index contributed by atoms with van der Waals surface area (Å²) in [6.45, 7) is 0. The third-order valence-corrected chi connectivity index (χ3v) is 4.39. The third-order valence-electron chi connectivity index (χ3n) is 4.39. The van der Waals surface area contributed by atoms with Crippen molar-refractivity contribution >= 4 is 0 Å². The Bertz CT molecular complexity index is 631. The number of benzene rings is 2. The minimum atomic E-state index is -0.452. The molecular weight excluding hydrogens is 262 g/mol. The van der Waals surface area contributed by atoms with Gasteiger partial charge in [0, 0.05) is 0 Å². The van der Waals surface area contributed by atoms with E-state index in [-0.39, 0.29) is 0 Å². The lowest BCUT2D eigenvalue weighted by molar-refractivity contribution is 0.324. The largest absolute Gasteiger partial charge is 0.496 e. The van der Waals surface area contributed by atoms with Gasteiger partial charge in [-0.05, 0) is 42.5 Å². The molecule has 0 heterocycles. The predicted molar refractivity (Wildman–Crippen MR) is 83.9 cm³/mol. The third kappa shape index (κ3) is 2.38. The summed E-state index contributed by atoms with van der Waals surface area (Å²) in [5, 5.41) is 0. The molecular formula is C18H21NO2. The van der Waals surface area contributed by atoms with Gasteiger partial charge in [0.1, 0.15) is 11.5 Å². The molecule has 0 saturated heterocycles. The molecule has 0 aliphatic heterocycles. The van der Waals surface area contributed by atoms with Crippen molar-refractivity contribution in [2.75, 3.05) is 14.2 Å². The van der Waals surface area contributed by atoms with Gasteiger partial charge in [-0.2, -0.15) is 0 Å². The van der Waals surface area contributed by atoms with E-state index < -0.39 is 5.54 Å². The zero-order valence-electron chi connectivity index (χ0n) is 12.6. The number of aryl methyl sites for hydroxylation is 1. The summed E-state index contributed by atoms with van der Waals surface area (Å²) in [4.78, 5) is 0. The van der Waals surface area contributed by atoms with Gasteiger partial charge in [0.25, 0.3) is 0 Å². The van der Waals surface area contributed by atoms with Crippen LogP contribution in [0.4, 0.5) is 0 Å². The first-order chi connectivity index (χ1) is 10.2. The average molecular weight is 283 g/mol. The molecule has 3 heteroatoms. The molecule has 1 unspecified atom stereocenters. The maximum Gasteiger partial charge on any atom is 0.127 e. The van der Waals surface area contributed by atoms with Crippen molar-refractivity contribution in [3.05, 3.63) is 59.2 Å². The molecule has 0 aromatic heterocycles. The maximum atomic E-state index is 6.79. The van der Waals surface area contributed by atoms with Gasteiger partial charge < -0.3 is 15.2 Å². The summed E-state index contributed by atoms with van der Waals surface area (Å²) >= 11 is 0. The average Bonchev–Trinajstić information content (AvgIpc) is 2.53. The predicted octanol–water partition coefficient (Wildman–Crippen LogP) is 3.05. The first kappa shape index (κ1) is 14.0.